The van der Waals surface area contributed by atoms with Crippen LogP contribution in [0.25, 0.3) is 27.5 Å². The van der Waals surface area contributed by atoms with Crippen LogP contribution < -0.4 is 16.3 Å². The van der Waals surface area contributed by atoms with Crippen LogP contribution in [0.4, 0.5) is 5.82 Å². The lowest BCUT2D eigenvalue weighted by Crippen LogP contribution is -2.27. The first-order chi connectivity index (χ1) is 19.0. The molecule has 0 fully saturated rings. The lowest BCUT2D eigenvalue weighted by atomic mass is 10.0. The summed E-state index contributed by atoms with van der Waals surface area (Å²) in [6.07, 6.45) is 4.59. The predicted octanol–water partition coefficient (Wildman–Crippen LogP) is 5.31. The number of hydrogen-bond acceptors (Lipinski definition) is 7. The number of halogens is 1. The molecular formula is C29H19ClN6O2S. The SMILES string of the molecule is C[C@H](Nc1ncnc2[nH]ccc(=O)c12)c1c(Cl)c2cccc(C#Cc3nccs3)c2c(=O)n1-c1ccccc1. The molecule has 4 aromatic heterocycles. The van der Waals surface area contributed by atoms with E-state index in [2.05, 4.69) is 37.1 Å². The van der Waals surface area contributed by atoms with Gasteiger partial charge in [-0.2, -0.15) is 0 Å². The molecule has 0 bridgehead atoms. The molecule has 39 heavy (non-hydrogen) atoms. The van der Waals surface area contributed by atoms with Gasteiger partial charge in [-0.05, 0) is 31.0 Å². The van der Waals surface area contributed by atoms with Crippen molar-refractivity contribution in [1.29, 1.82) is 0 Å². The molecule has 190 valence electrons. The van der Waals surface area contributed by atoms with Crippen molar-refractivity contribution in [2.45, 2.75) is 13.0 Å². The summed E-state index contributed by atoms with van der Waals surface area (Å²) >= 11 is 8.52. The smallest absolute Gasteiger partial charge is 0.264 e. The molecule has 0 saturated carbocycles. The van der Waals surface area contributed by atoms with Crippen molar-refractivity contribution in [3.63, 3.8) is 0 Å². The molecule has 0 spiro atoms. The van der Waals surface area contributed by atoms with E-state index in [-0.39, 0.29) is 11.0 Å². The van der Waals surface area contributed by atoms with E-state index in [1.54, 1.807) is 16.8 Å². The zero-order valence-electron chi connectivity index (χ0n) is 20.5. The average molecular weight is 551 g/mol. The number of para-hydroxylation sites is 1. The lowest BCUT2D eigenvalue weighted by Gasteiger charge is -2.23. The number of hydrogen-bond donors (Lipinski definition) is 2. The van der Waals surface area contributed by atoms with Gasteiger partial charge in [0.25, 0.3) is 5.56 Å². The predicted molar refractivity (Wildman–Crippen MR) is 155 cm³/mol. The number of rotatable bonds is 4. The molecule has 0 amide bonds. The third-order valence-electron chi connectivity index (χ3n) is 6.25. The summed E-state index contributed by atoms with van der Waals surface area (Å²) in [4.78, 5) is 42.5. The highest BCUT2D eigenvalue weighted by Gasteiger charge is 2.23. The number of benzene rings is 2. The molecule has 4 heterocycles. The van der Waals surface area contributed by atoms with Crippen molar-refractivity contribution in [2.24, 2.45) is 0 Å². The Balaban J connectivity index is 1.59. The fourth-order valence-electron chi connectivity index (χ4n) is 4.54. The van der Waals surface area contributed by atoms with Gasteiger partial charge in [0, 0.05) is 40.5 Å². The summed E-state index contributed by atoms with van der Waals surface area (Å²) in [7, 11) is 0. The number of aromatic nitrogens is 5. The maximum absolute atomic E-state index is 14.2. The van der Waals surface area contributed by atoms with E-state index in [0.29, 0.717) is 54.6 Å². The minimum Gasteiger partial charge on any atom is -0.361 e. The van der Waals surface area contributed by atoms with Crippen molar-refractivity contribution < 1.29 is 0 Å². The molecule has 1 atom stereocenters. The fourth-order valence-corrected chi connectivity index (χ4v) is 5.43. The second-order valence-corrected chi connectivity index (χ2v) is 9.92. The van der Waals surface area contributed by atoms with E-state index >= 15 is 0 Å². The number of anilines is 1. The van der Waals surface area contributed by atoms with E-state index < -0.39 is 6.04 Å². The molecule has 8 nitrogen and oxygen atoms in total. The van der Waals surface area contributed by atoms with Crippen LogP contribution in [0.15, 0.2) is 88.3 Å². The second kappa shape index (κ2) is 10.2. The zero-order valence-corrected chi connectivity index (χ0v) is 22.0. The Morgan fingerprint density at radius 3 is 2.64 bits per heavy atom. The van der Waals surface area contributed by atoms with Gasteiger partial charge in [0.2, 0.25) is 0 Å². The molecule has 0 unspecified atom stereocenters. The van der Waals surface area contributed by atoms with E-state index in [4.69, 9.17) is 11.6 Å². The summed E-state index contributed by atoms with van der Waals surface area (Å²) in [6.45, 7) is 1.86. The number of thiazole rings is 1. The molecule has 6 rings (SSSR count). The number of fused-ring (bicyclic) bond motifs is 2. The Morgan fingerprint density at radius 2 is 1.85 bits per heavy atom. The lowest BCUT2D eigenvalue weighted by molar-refractivity contribution is 0.774. The minimum atomic E-state index is -0.530. The van der Waals surface area contributed by atoms with Crippen LogP contribution in [-0.2, 0) is 0 Å². The monoisotopic (exact) mass is 550 g/mol. The summed E-state index contributed by atoms with van der Waals surface area (Å²) in [5.74, 6) is 6.48. The van der Waals surface area contributed by atoms with Crippen molar-refractivity contribution in [3.05, 3.63) is 121 Å². The maximum Gasteiger partial charge on any atom is 0.264 e. The fraction of sp³-hybridized carbons (Fsp3) is 0.0690. The normalized spacial score (nSPS) is 11.7. The van der Waals surface area contributed by atoms with Crippen LogP contribution in [0.5, 0.6) is 0 Å². The van der Waals surface area contributed by atoms with E-state index in [1.807, 2.05) is 54.8 Å². The molecule has 0 saturated heterocycles. The van der Waals surface area contributed by atoms with Crippen molar-refractivity contribution in [3.8, 4) is 17.5 Å². The summed E-state index contributed by atoms with van der Waals surface area (Å²) in [5.41, 5.74) is 1.62. The van der Waals surface area contributed by atoms with Gasteiger partial charge >= 0.3 is 0 Å². The first-order valence-electron chi connectivity index (χ1n) is 12.0. The third kappa shape index (κ3) is 4.46. The van der Waals surface area contributed by atoms with Crippen LogP contribution in [-0.4, -0.2) is 24.5 Å². The van der Waals surface area contributed by atoms with Crippen LogP contribution in [0.1, 0.15) is 29.2 Å². The van der Waals surface area contributed by atoms with Crippen LogP contribution in [0, 0.1) is 11.8 Å². The molecule has 2 aromatic carbocycles. The average Bonchev–Trinajstić information content (AvgIpc) is 3.48. The first-order valence-corrected chi connectivity index (χ1v) is 13.2. The zero-order chi connectivity index (χ0) is 26.9. The number of nitrogens with zero attached hydrogens (tertiary/aromatic N) is 4. The maximum atomic E-state index is 14.2. The van der Waals surface area contributed by atoms with Gasteiger partial charge < -0.3 is 10.3 Å². The largest absolute Gasteiger partial charge is 0.361 e. The molecule has 0 aliphatic rings. The Bertz CT molecular complexity index is 2020. The summed E-state index contributed by atoms with van der Waals surface area (Å²) < 4.78 is 1.59. The van der Waals surface area contributed by atoms with Gasteiger partial charge in [-0.1, -0.05) is 47.9 Å². The highest BCUT2D eigenvalue weighted by molar-refractivity contribution is 7.10. The Morgan fingerprint density at radius 1 is 1.00 bits per heavy atom. The molecule has 10 heteroatoms. The van der Waals surface area contributed by atoms with Crippen LogP contribution >= 0.6 is 22.9 Å². The second-order valence-electron chi connectivity index (χ2n) is 8.64. The first kappa shape index (κ1) is 24.6. The standard InChI is InChI=1S/C29H19ClN6O2S/c1-17(35-28-24-21(37)12-13-32-27(24)33-16-34-28)26-25(30)20-9-5-6-18(10-11-22-31-14-15-39-22)23(20)29(38)36(26)19-7-3-2-4-8-19/h2-9,12-17H,1H3,(H2,32,33,34,35,37)/t17-/m0/s1. The third-order valence-corrected chi connectivity index (χ3v) is 7.33. The van der Waals surface area contributed by atoms with Crippen LogP contribution in [0.3, 0.4) is 0 Å². The molecule has 6 aromatic rings. The van der Waals surface area contributed by atoms with Crippen molar-refractivity contribution in [1.82, 2.24) is 24.5 Å². The van der Waals surface area contributed by atoms with Gasteiger partial charge in [0.05, 0.1) is 22.1 Å². The summed E-state index contributed by atoms with van der Waals surface area (Å²) in [5, 5.41) is 7.49. The van der Waals surface area contributed by atoms with E-state index in [0.717, 1.165) is 0 Å². The minimum absolute atomic E-state index is 0.229. The Kier molecular flexibility index (Phi) is 6.40. The molecule has 0 aliphatic carbocycles. The van der Waals surface area contributed by atoms with Gasteiger partial charge in [-0.3, -0.25) is 14.2 Å². The van der Waals surface area contributed by atoms with Crippen molar-refractivity contribution in [2.75, 3.05) is 5.32 Å². The van der Waals surface area contributed by atoms with Gasteiger partial charge in [0.1, 0.15) is 23.2 Å². The van der Waals surface area contributed by atoms with Gasteiger partial charge in [-0.15, -0.1) is 11.3 Å². The number of pyridine rings is 2. The quantitative estimate of drug-likeness (QED) is 0.288. The molecular weight excluding hydrogens is 532 g/mol. The number of H-pyrrole nitrogens is 1. The van der Waals surface area contributed by atoms with E-state index in [9.17, 15) is 9.59 Å². The number of nitrogens with one attached hydrogen (secondary N) is 2. The van der Waals surface area contributed by atoms with Gasteiger partial charge in [-0.25, -0.2) is 15.0 Å². The number of aromatic amines is 1. The molecule has 0 radical (unpaired) electrons. The Hall–Kier alpha value is -4.78. The summed E-state index contributed by atoms with van der Waals surface area (Å²) in [6, 6.07) is 15.6. The topological polar surface area (TPSA) is 106 Å². The molecule has 0 aliphatic heterocycles. The highest BCUT2D eigenvalue weighted by atomic mass is 35.5. The molecule has 2 N–H and O–H groups in total. The highest BCUT2D eigenvalue weighted by Crippen LogP contribution is 2.34. The Labute approximate surface area is 231 Å². The van der Waals surface area contributed by atoms with Crippen LogP contribution in [0.2, 0.25) is 5.02 Å². The van der Waals surface area contributed by atoms with E-state index in [1.165, 1.54) is 29.9 Å². The van der Waals surface area contributed by atoms with Gasteiger partial charge in [0.15, 0.2) is 10.4 Å². The van der Waals surface area contributed by atoms with Crippen molar-refractivity contribution >= 4 is 50.6 Å².